The average Bonchev–Trinajstić information content (AvgIpc) is 2.60. The summed E-state index contributed by atoms with van der Waals surface area (Å²) in [6, 6.07) is 21.8. The molecule has 0 amide bonds. The van der Waals surface area contributed by atoms with Gasteiger partial charge in [-0.25, -0.2) is 0 Å². The maximum absolute atomic E-state index is 11.7. The van der Waals surface area contributed by atoms with E-state index in [1.807, 2.05) is 54.6 Å². The van der Waals surface area contributed by atoms with E-state index in [4.69, 9.17) is 0 Å². The number of phenols is 1. The van der Waals surface area contributed by atoms with E-state index < -0.39 is 20.8 Å². The van der Waals surface area contributed by atoms with Crippen LogP contribution in [0.1, 0.15) is 0 Å². The van der Waals surface area contributed by atoms with E-state index in [1.54, 1.807) is 12.1 Å². The lowest BCUT2D eigenvalue weighted by atomic mass is 9.93. The van der Waals surface area contributed by atoms with Crippen LogP contribution in [0.4, 0.5) is 0 Å². The van der Waals surface area contributed by atoms with Gasteiger partial charge in [-0.1, -0.05) is 66.7 Å². The second kappa shape index (κ2) is 5.58. The third-order valence-corrected chi connectivity index (χ3v) is 5.19. The van der Waals surface area contributed by atoms with Crippen LogP contribution in [0.15, 0.2) is 77.7 Å². The van der Waals surface area contributed by atoms with Crippen molar-refractivity contribution in [1.82, 2.24) is 0 Å². The van der Waals surface area contributed by atoms with Gasteiger partial charge in [-0.15, -0.1) is 0 Å². The Labute approximate surface area is 144 Å². The summed E-state index contributed by atoms with van der Waals surface area (Å²) in [6.45, 7) is 0. The number of hydrogen-bond donors (Lipinski definition) is 2. The third-order valence-electron chi connectivity index (χ3n) is 4.32. The minimum absolute atomic E-state index is 0.391. The molecule has 0 unspecified atom stereocenters. The molecule has 0 heterocycles. The van der Waals surface area contributed by atoms with Crippen LogP contribution in [-0.4, -0.2) is 18.1 Å². The fourth-order valence-electron chi connectivity index (χ4n) is 3.22. The molecule has 4 nitrogen and oxygen atoms in total. The highest BCUT2D eigenvalue weighted by Crippen LogP contribution is 2.43. The zero-order chi connectivity index (χ0) is 17.6. The zero-order valence-corrected chi connectivity index (χ0v) is 13.9. The van der Waals surface area contributed by atoms with Gasteiger partial charge in [0, 0.05) is 5.56 Å². The van der Waals surface area contributed by atoms with Gasteiger partial charge >= 0.3 is 0 Å². The molecule has 4 rings (SSSR count). The Balaban J connectivity index is 2.22. The van der Waals surface area contributed by atoms with Crippen molar-refractivity contribution in [3.8, 4) is 16.9 Å². The minimum Gasteiger partial charge on any atom is -0.506 e. The van der Waals surface area contributed by atoms with Crippen LogP contribution in [0.3, 0.4) is 0 Å². The summed E-state index contributed by atoms with van der Waals surface area (Å²) in [7, 11) is -4.56. The summed E-state index contributed by atoms with van der Waals surface area (Å²) in [5, 5.41) is 13.9. The summed E-state index contributed by atoms with van der Waals surface area (Å²) in [6.07, 6.45) is 0. The molecule has 4 aromatic carbocycles. The van der Waals surface area contributed by atoms with Crippen LogP contribution in [0, 0.1) is 0 Å². The van der Waals surface area contributed by atoms with Gasteiger partial charge in [0.05, 0.1) is 0 Å². The van der Waals surface area contributed by atoms with Crippen molar-refractivity contribution < 1.29 is 18.1 Å². The highest BCUT2D eigenvalue weighted by molar-refractivity contribution is 7.86. The Morgan fingerprint density at radius 1 is 0.720 bits per heavy atom. The molecule has 0 saturated heterocycles. The molecule has 0 fully saturated rings. The molecule has 0 radical (unpaired) electrons. The fraction of sp³-hybridized carbons (Fsp3) is 0. The Bertz CT molecular complexity index is 1220. The van der Waals surface area contributed by atoms with Crippen molar-refractivity contribution in [3.05, 3.63) is 72.8 Å². The Kier molecular flexibility index (Phi) is 3.49. The molecular weight excluding hydrogens is 336 g/mol. The Morgan fingerprint density at radius 2 is 1.32 bits per heavy atom. The number of rotatable bonds is 2. The van der Waals surface area contributed by atoms with E-state index in [9.17, 15) is 18.1 Å². The molecule has 124 valence electrons. The summed E-state index contributed by atoms with van der Waals surface area (Å²) in [4.78, 5) is -0.492. The van der Waals surface area contributed by atoms with Crippen LogP contribution in [0.25, 0.3) is 32.7 Å². The zero-order valence-electron chi connectivity index (χ0n) is 13.0. The highest BCUT2D eigenvalue weighted by Gasteiger charge is 2.22. The van der Waals surface area contributed by atoms with Crippen molar-refractivity contribution in [3.63, 3.8) is 0 Å². The molecule has 25 heavy (non-hydrogen) atoms. The van der Waals surface area contributed by atoms with E-state index in [0.717, 1.165) is 10.8 Å². The number of fused-ring (bicyclic) bond motifs is 2. The lowest BCUT2D eigenvalue weighted by Crippen LogP contribution is -2.00. The number of hydrogen-bond acceptors (Lipinski definition) is 3. The van der Waals surface area contributed by atoms with Gasteiger partial charge < -0.3 is 5.11 Å². The molecule has 0 atom stereocenters. The van der Waals surface area contributed by atoms with Crippen molar-refractivity contribution in [2.45, 2.75) is 4.90 Å². The first-order valence-corrected chi connectivity index (χ1v) is 9.11. The third kappa shape index (κ3) is 2.54. The number of benzene rings is 4. The first-order valence-electron chi connectivity index (χ1n) is 7.67. The molecule has 4 aromatic rings. The van der Waals surface area contributed by atoms with Gasteiger partial charge in [0.2, 0.25) is 0 Å². The van der Waals surface area contributed by atoms with Gasteiger partial charge in [-0.2, -0.15) is 8.42 Å². The van der Waals surface area contributed by atoms with Gasteiger partial charge in [0.15, 0.2) is 0 Å². The summed E-state index contributed by atoms with van der Waals surface area (Å²) >= 11 is 0. The maximum atomic E-state index is 11.7. The molecule has 0 aliphatic carbocycles. The van der Waals surface area contributed by atoms with Crippen LogP contribution in [-0.2, 0) is 10.1 Å². The lowest BCUT2D eigenvalue weighted by Gasteiger charge is -2.14. The topological polar surface area (TPSA) is 74.6 Å². The number of aromatic hydroxyl groups is 1. The Morgan fingerprint density at radius 3 is 2.04 bits per heavy atom. The minimum atomic E-state index is -4.56. The van der Waals surface area contributed by atoms with Gasteiger partial charge in [0.1, 0.15) is 10.6 Å². The number of phenolic OH excluding ortho intramolecular Hbond substituents is 1. The molecule has 2 N–H and O–H groups in total. The SMILES string of the molecule is O=S(=O)(O)c1cc2ccccc2c(-c2cccc3ccccc23)c1O. The first-order chi connectivity index (χ1) is 12.0. The maximum Gasteiger partial charge on any atom is 0.298 e. The van der Waals surface area contributed by atoms with Gasteiger partial charge in [-0.3, -0.25) is 4.55 Å². The van der Waals surface area contributed by atoms with Crippen LogP contribution in [0.2, 0.25) is 0 Å². The molecule has 0 aliphatic rings. The first kappa shape index (κ1) is 15.6. The van der Waals surface area contributed by atoms with Gasteiger partial charge in [0.25, 0.3) is 10.1 Å². The summed E-state index contributed by atoms with van der Waals surface area (Å²) in [5.41, 5.74) is 1.10. The normalized spacial score (nSPS) is 11.9. The van der Waals surface area contributed by atoms with Crippen molar-refractivity contribution in [2.24, 2.45) is 0 Å². The van der Waals surface area contributed by atoms with Crippen molar-refractivity contribution >= 4 is 31.7 Å². The van der Waals surface area contributed by atoms with Crippen LogP contribution < -0.4 is 0 Å². The van der Waals surface area contributed by atoms with Gasteiger partial charge in [-0.05, 0) is 33.2 Å². The van der Waals surface area contributed by atoms with Crippen molar-refractivity contribution in [2.75, 3.05) is 0 Å². The molecule has 0 bridgehead atoms. The van der Waals surface area contributed by atoms with Crippen LogP contribution >= 0.6 is 0 Å². The largest absolute Gasteiger partial charge is 0.506 e. The quantitative estimate of drug-likeness (QED) is 0.518. The standard InChI is InChI=1S/C20H14O4S/c21-20-18(25(22,23)24)12-14-7-2-4-10-16(14)19(20)17-11-5-8-13-6-1-3-9-15(13)17/h1-12,21H,(H,22,23,24). The monoisotopic (exact) mass is 350 g/mol. The van der Waals surface area contributed by atoms with Crippen LogP contribution in [0.5, 0.6) is 5.75 Å². The molecule has 5 heteroatoms. The van der Waals surface area contributed by atoms with E-state index in [0.29, 0.717) is 21.9 Å². The lowest BCUT2D eigenvalue weighted by molar-refractivity contribution is 0.445. The predicted molar refractivity (Wildman–Crippen MR) is 98.4 cm³/mol. The summed E-state index contributed by atoms with van der Waals surface area (Å²) in [5.74, 6) is -0.447. The Hall–Kier alpha value is -2.89. The molecule has 0 spiro atoms. The predicted octanol–water partition coefficient (Wildman–Crippen LogP) is 4.61. The second-order valence-electron chi connectivity index (χ2n) is 5.82. The van der Waals surface area contributed by atoms with Crippen molar-refractivity contribution in [1.29, 1.82) is 0 Å². The second-order valence-corrected chi connectivity index (χ2v) is 7.21. The van der Waals surface area contributed by atoms with E-state index >= 15 is 0 Å². The summed E-state index contributed by atoms with van der Waals surface area (Å²) < 4.78 is 33.0. The average molecular weight is 350 g/mol. The molecular formula is C20H14O4S. The van der Waals surface area contributed by atoms with E-state index in [1.165, 1.54) is 6.07 Å². The molecule has 0 saturated carbocycles. The van der Waals surface area contributed by atoms with E-state index in [2.05, 4.69) is 0 Å². The smallest absolute Gasteiger partial charge is 0.298 e. The molecule has 0 aliphatic heterocycles. The van der Waals surface area contributed by atoms with E-state index in [-0.39, 0.29) is 0 Å². The molecule has 0 aromatic heterocycles. The fourth-order valence-corrected chi connectivity index (χ4v) is 3.85. The highest BCUT2D eigenvalue weighted by atomic mass is 32.2.